The van der Waals surface area contributed by atoms with E-state index in [1.807, 2.05) is 25.1 Å². The molecule has 7 heteroatoms. The number of amides is 1. The van der Waals surface area contributed by atoms with Gasteiger partial charge in [-0.15, -0.1) is 0 Å². The zero-order valence-corrected chi connectivity index (χ0v) is 16.6. The number of benzene rings is 2. The Morgan fingerprint density at radius 2 is 2.00 bits per heavy atom. The molecule has 0 unspecified atom stereocenters. The van der Waals surface area contributed by atoms with Gasteiger partial charge in [-0.05, 0) is 48.4 Å². The number of halogens is 1. The maximum Gasteiger partial charge on any atom is 0.272 e. The van der Waals surface area contributed by atoms with E-state index in [2.05, 4.69) is 11.2 Å². The number of hydrogen-bond acceptors (Lipinski definition) is 4. The molecule has 0 aliphatic carbocycles. The molecular weight excluding hydrogens is 388 g/mol. The molecule has 0 spiro atoms. The van der Waals surface area contributed by atoms with Crippen LogP contribution in [0.15, 0.2) is 48.5 Å². The second-order valence-electron chi connectivity index (χ2n) is 7.16. The van der Waals surface area contributed by atoms with Crippen LogP contribution in [0.5, 0.6) is 0 Å². The zero-order valence-electron chi connectivity index (χ0n) is 15.8. The average Bonchev–Trinajstić information content (AvgIpc) is 3.18. The van der Waals surface area contributed by atoms with Crippen molar-refractivity contribution in [2.45, 2.75) is 26.1 Å². The Bertz CT molecular complexity index is 1110. The highest BCUT2D eigenvalue weighted by atomic mass is 35.5. The molecular formula is C22H19ClN4O2. The Balaban J connectivity index is 1.64. The van der Waals surface area contributed by atoms with Gasteiger partial charge in [-0.25, -0.2) is 0 Å². The van der Waals surface area contributed by atoms with E-state index in [4.69, 9.17) is 16.9 Å². The predicted molar refractivity (Wildman–Crippen MR) is 109 cm³/mol. The fourth-order valence-corrected chi connectivity index (χ4v) is 3.84. The van der Waals surface area contributed by atoms with E-state index in [1.165, 1.54) is 0 Å². The summed E-state index contributed by atoms with van der Waals surface area (Å²) in [5.74, 6) is -0.0919. The predicted octanol–water partition coefficient (Wildman–Crippen LogP) is 3.78. The Labute approximate surface area is 173 Å². The van der Waals surface area contributed by atoms with Gasteiger partial charge in [-0.2, -0.15) is 10.4 Å². The van der Waals surface area contributed by atoms with E-state index in [-0.39, 0.29) is 18.6 Å². The first-order valence-corrected chi connectivity index (χ1v) is 9.65. The molecule has 0 saturated heterocycles. The summed E-state index contributed by atoms with van der Waals surface area (Å²) in [6, 6.07) is 16.4. The Hall–Kier alpha value is -3.14. The highest BCUT2D eigenvalue weighted by Crippen LogP contribution is 2.30. The van der Waals surface area contributed by atoms with Crippen molar-refractivity contribution < 1.29 is 9.90 Å². The van der Waals surface area contributed by atoms with Crippen LogP contribution in [0, 0.1) is 11.3 Å². The molecule has 0 bridgehead atoms. The van der Waals surface area contributed by atoms with E-state index in [1.54, 1.807) is 39.9 Å². The van der Waals surface area contributed by atoms with Gasteiger partial charge >= 0.3 is 0 Å². The first kappa shape index (κ1) is 19.2. The third-order valence-electron chi connectivity index (χ3n) is 5.11. The molecule has 1 N–H and O–H groups in total. The van der Waals surface area contributed by atoms with Crippen LogP contribution >= 0.6 is 11.6 Å². The molecule has 6 nitrogen and oxygen atoms in total. The van der Waals surface area contributed by atoms with Gasteiger partial charge in [0.15, 0.2) is 0 Å². The fraction of sp³-hybridized carbons (Fsp3) is 0.227. The van der Waals surface area contributed by atoms with Gasteiger partial charge in [-0.3, -0.25) is 9.48 Å². The number of aliphatic hydroxyl groups excluding tert-OH is 1. The van der Waals surface area contributed by atoms with Gasteiger partial charge in [0.25, 0.3) is 5.91 Å². The van der Waals surface area contributed by atoms with Crippen LogP contribution in [-0.4, -0.2) is 32.2 Å². The highest BCUT2D eigenvalue weighted by Gasteiger charge is 2.31. The fourth-order valence-electron chi connectivity index (χ4n) is 3.65. The van der Waals surface area contributed by atoms with Crippen LogP contribution in [0.3, 0.4) is 0 Å². The third-order valence-corrected chi connectivity index (χ3v) is 5.35. The van der Waals surface area contributed by atoms with Crippen molar-refractivity contribution in [1.82, 2.24) is 14.7 Å². The highest BCUT2D eigenvalue weighted by molar-refractivity contribution is 6.30. The Morgan fingerprint density at radius 1 is 1.24 bits per heavy atom. The van der Waals surface area contributed by atoms with Crippen molar-refractivity contribution in [2.75, 3.05) is 6.54 Å². The number of nitriles is 1. The molecule has 1 amide bonds. The summed E-state index contributed by atoms with van der Waals surface area (Å²) in [4.78, 5) is 14.9. The summed E-state index contributed by atoms with van der Waals surface area (Å²) in [5, 5.41) is 23.8. The van der Waals surface area contributed by atoms with E-state index in [9.17, 15) is 9.90 Å². The lowest BCUT2D eigenvalue weighted by molar-refractivity contribution is 0.0651. The quantitative estimate of drug-likeness (QED) is 0.714. The van der Waals surface area contributed by atoms with Crippen LogP contribution in [0.2, 0.25) is 5.02 Å². The molecule has 2 heterocycles. The van der Waals surface area contributed by atoms with Gasteiger partial charge in [0, 0.05) is 23.7 Å². The molecule has 1 atom stereocenters. The van der Waals surface area contributed by atoms with Gasteiger partial charge < -0.3 is 10.0 Å². The number of fused-ring (bicyclic) bond motifs is 1. The second-order valence-corrected chi connectivity index (χ2v) is 7.60. The van der Waals surface area contributed by atoms with E-state index < -0.39 is 0 Å². The molecule has 0 radical (unpaired) electrons. The molecule has 0 fully saturated rings. The lowest BCUT2D eigenvalue weighted by atomic mass is 10.0. The first-order valence-electron chi connectivity index (χ1n) is 9.27. The molecule has 4 rings (SSSR count). The van der Waals surface area contributed by atoms with Gasteiger partial charge in [-0.1, -0.05) is 29.8 Å². The zero-order chi connectivity index (χ0) is 20.5. The molecule has 3 aromatic rings. The van der Waals surface area contributed by atoms with Crippen molar-refractivity contribution in [1.29, 1.82) is 5.26 Å². The topological polar surface area (TPSA) is 82.2 Å². The van der Waals surface area contributed by atoms with Crippen LogP contribution in [0.25, 0.3) is 11.3 Å². The monoisotopic (exact) mass is 406 g/mol. The number of rotatable bonds is 4. The Morgan fingerprint density at radius 3 is 2.69 bits per heavy atom. The molecule has 0 saturated carbocycles. The lowest BCUT2D eigenvalue weighted by Gasteiger charge is -2.31. The SMILES string of the molecule is C[C@H]1CN(Cc2ccc(C#N)cc2)C(=O)c2cc(-c3ccc(Cl)cc3CO)nn21. The lowest BCUT2D eigenvalue weighted by Crippen LogP contribution is -2.41. The molecule has 29 heavy (non-hydrogen) atoms. The van der Waals surface area contributed by atoms with Crippen molar-refractivity contribution in [2.24, 2.45) is 0 Å². The summed E-state index contributed by atoms with van der Waals surface area (Å²) in [7, 11) is 0. The maximum atomic E-state index is 13.1. The summed E-state index contributed by atoms with van der Waals surface area (Å²) in [5.41, 5.74) is 4.16. The average molecular weight is 407 g/mol. The van der Waals surface area contributed by atoms with Crippen LogP contribution in [0.4, 0.5) is 0 Å². The van der Waals surface area contributed by atoms with Gasteiger partial charge in [0.2, 0.25) is 0 Å². The minimum Gasteiger partial charge on any atom is -0.392 e. The largest absolute Gasteiger partial charge is 0.392 e. The molecule has 2 aromatic carbocycles. The standard InChI is InChI=1S/C22H19ClN4O2/c1-14-11-26(12-16-4-2-15(10-24)3-5-16)22(29)21-9-20(25-27(14)21)19-7-6-18(23)8-17(19)13-28/h2-9,14,28H,11-13H2,1H3/t14-/m0/s1. The van der Waals surface area contributed by atoms with Gasteiger partial charge in [0.05, 0.1) is 30.0 Å². The van der Waals surface area contributed by atoms with Crippen molar-refractivity contribution in [3.05, 3.63) is 75.9 Å². The number of hydrogen-bond donors (Lipinski definition) is 1. The minimum atomic E-state index is -0.160. The summed E-state index contributed by atoms with van der Waals surface area (Å²) >= 11 is 6.03. The normalized spacial score (nSPS) is 15.9. The second kappa shape index (κ2) is 7.70. The molecule has 146 valence electrons. The van der Waals surface area contributed by atoms with Crippen LogP contribution < -0.4 is 0 Å². The molecule has 1 aliphatic rings. The van der Waals surface area contributed by atoms with Crippen LogP contribution in [-0.2, 0) is 13.2 Å². The Kier molecular flexibility index (Phi) is 5.10. The number of nitrogens with zero attached hydrogens (tertiary/aromatic N) is 4. The number of aliphatic hydroxyl groups is 1. The van der Waals surface area contributed by atoms with Crippen molar-refractivity contribution in [3.63, 3.8) is 0 Å². The van der Waals surface area contributed by atoms with E-state index in [0.29, 0.717) is 40.6 Å². The van der Waals surface area contributed by atoms with Gasteiger partial charge in [0.1, 0.15) is 5.69 Å². The van der Waals surface area contributed by atoms with Crippen molar-refractivity contribution in [3.8, 4) is 17.3 Å². The summed E-state index contributed by atoms with van der Waals surface area (Å²) in [6.07, 6.45) is 0. The number of carbonyl (C=O) groups is 1. The molecule has 1 aliphatic heterocycles. The first-order chi connectivity index (χ1) is 14.0. The summed E-state index contributed by atoms with van der Waals surface area (Å²) < 4.78 is 1.75. The van der Waals surface area contributed by atoms with Crippen LogP contribution in [0.1, 0.15) is 40.1 Å². The third kappa shape index (κ3) is 3.63. The van der Waals surface area contributed by atoms with Crippen molar-refractivity contribution >= 4 is 17.5 Å². The summed E-state index contributed by atoms with van der Waals surface area (Å²) in [6.45, 7) is 2.87. The van der Waals surface area contributed by atoms with E-state index >= 15 is 0 Å². The maximum absolute atomic E-state index is 13.1. The number of aromatic nitrogens is 2. The minimum absolute atomic E-state index is 0.0136. The molecule has 1 aromatic heterocycles. The van der Waals surface area contributed by atoms with E-state index in [0.717, 1.165) is 11.1 Å². The smallest absolute Gasteiger partial charge is 0.272 e. The number of carbonyl (C=O) groups excluding carboxylic acids is 1.